The standard InChI is InChI=1S/C75H59N4.Pt/c1-74(2,54-23-15-24-59(45-54)77-48-78(70-33-14-13-32-69(70)77)73-61(51-18-5-3-6-19-51)27-16-28-62(73)52-20-7-4-8-21-52)55-35-37-66-65-26-11-12-31-68(65)79(71(66)46-55)72-47-56(38-39-76-72)75(57-41-49-40-50(43-57)44-58(75)42-49)67-30-17-29-63-60-25-10-9-22-53(60)34-36-64(63)67;/h3-39,47-50,57-58H,40-44H2,1-2H3;/q-3;. The molecule has 0 unspecified atom stereocenters. The Morgan fingerprint density at radius 2 is 1.10 bits per heavy atom. The zero-order valence-electron chi connectivity index (χ0n) is 45.0. The Balaban J connectivity index is 0.00000552. The van der Waals surface area contributed by atoms with Gasteiger partial charge in [0.25, 0.3) is 0 Å². The topological polar surface area (TPSA) is 24.3 Å². The van der Waals surface area contributed by atoms with E-state index in [1.54, 1.807) is 0 Å². The molecule has 4 fully saturated rings. The molecule has 0 spiro atoms. The van der Waals surface area contributed by atoms with Crippen LogP contribution >= 0.6 is 0 Å². The van der Waals surface area contributed by atoms with Gasteiger partial charge in [-0.3, -0.25) is 0 Å². The third kappa shape index (κ3) is 7.48. The maximum Gasteiger partial charge on any atom is 0.135 e. The molecule has 5 heteroatoms. The SMILES string of the molecule is CC(C)(c1[c-]c(N2[CH-]N(c3c(-c4ccccc4)cccc3-c3ccccc3)c3ccccc32)ccc1)c1[c-]c2c(cc1)c1ccccc1n2-c1cc(C2(c3cccc4c3ccc3ccccc34)C3CC4CC(C3)CC2C4)ccn1.[Pt]. The maximum atomic E-state index is 5.34. The van der Waals surface area contributed by atoms with E-state index in [-0.39, 0.29) is 26.5 Å². The minimum absolute atomic E-state index is 0. The van der Waals surface area contributed by atoms with Gasteiger partial charge < -0.3 is 14.4 Å². The third-order valence-electron chi connectivity index (χ3n) is 19.2. The summed E-state index contributed by atoms with van der Waals surface area (Å²) in [7, 11) is 0. The Labute approximate surface area is 483 Å². The molecule has 0 amide bonds. The van der Waals surface area contributed by atoms with Crippen LogP contribution in [0.5, 0.6) is 0 Å². The Morgan fingerprint density at radius 3 is 1.84 bits per heavy atom. The Hall–Kier alpha value is -8.04. The number of fused-ring (bicyclic) bond motifs is 7. The Kier molecular flexibility index (Phi) is 11.7. The normalized spacial score (nSPS) is 20.2. The van der Waals surface area contributed by atoms with Crippen LogP contribution < -0.4 is 9.80 Å². The summed E-state index contributed by atoms with van der Waals surface area (Å²) in [4.78, 5) is 10.0. The number of anilines is 4. The number of benzene rings is 10. The van der Waals surface area contributed by atoms with Crippen LogP contribution in [0.15, 0.2) is 231 Å². The van der Waals surface area contributed by atoms with Crippen LogP contribution in [0.1, 0.15) is 68.2 Å². The molecule has 1 aliphatic heterocycles. The molecule has 4 nitrogen and oxygen atoms in total. The molecule has 0 N–H and O–H groups in total. The van der Waals surface area contributed by atoms with E-state index in [9.17, 15) is 0 Å². The zero-order valence-corrected chi connectivity index (χ0v) is 47.2. The fraction of sp³-hybridized carbons (Fsp3) is 0.173. The van der Waals surface area contributed by atoms with Crippen molar-refractivity contribution in [2.45, 2.75) is 56.8 Å². The summed E-state index contributed by atoms with van der Waals surface area (Å²) in [5, 5.41) is 7.79. The van der Waals surface area contributed by atoms with E-state index in [0.29, 0.717) is 11.8 Å². The van der Waals surface area contributed by atoms with Crippen molar-refractivity contribution in [2.24, 2.45) is 23.7 Å². The van der Waals surface area contributed by atoms with Gasteiger partial charge >= 0.3 is 0 Å². The van der Waals surface area contributed by atoms with Crippen molar-refractivity contribution < 1.29 is 21.1 Å². The molecule has 5 aliphatic rings. The Bertz CT molecular complexity index is 4280. The molecule has 12 aromatic rings. The van der Waals surface area contributed by atoms with E-state index in [2.05, 4.69) is 278 Å². The van der Waals surface area contributed by atoms with E-state index in [0.717, 1.165) is 62.6 Å². The van der Waals surface area contributed by atoms with Crippen LogP contribution in [0.2, 0.25) is 0 Å². The van der Waals surface area contributed by atoms with Crippen molar-refractivity contribution in [3.63, 3.8) is 0 Å². The third-order valence-corrected chi connectivity index (χ3v) is 19.2. The molecule has 80 heavy (non-hydrogen) atoms. The quantitative estimate of drug-likeness (QED) is 0.106. The largest absolute Gasteiger partial charge is 0.493 e. The van der Waals surface area contributed by atoms with Crippen molar-refractivity contribution >= 4 is 66.1 Å². The number of pyridine rings is 1. The molecule has 4 saturated carbocycles. The molecule has 4 aliphatic carbocycles. The molecular formula is C75H59N4Pt-3. The van der Waals surface area contributed by atoms with Crippen molar-refractivity contribution in [3.05, 3.63) is 272 Å². The number of para-hydroxylation sites is 4. The number of nitrogens with zero attached hydrogens (tertiary/aromatic N) is 4. The molecule has 2 aromatic heterocycles. The van der Waals surface area contributed by atoms with Crippen LogP contribution in [0.3, 0.4) is 0 Å². The van der Waals surface area contributed by atoms with Gasteiger partial charge in [0.15, 0.2) is 0 Å². The second kappa shape index (κ2) is 19.1. The van der Waals surface area contributed by atoms with Crippen molar-refractivity contribution in [1.82, 2.24) is 9.55 Å². The van der Waals surface area contributed by atoms with Crippen LogP contribution in [0.4, 0.5) is 22.7 Å². The number of rotatable bonds is 9. The minimum atomic E-state index is -0.469. The fourth-order valence-corrected chi connectivity index (χ4v) is 15.8. The minimum Gasteiger partial charge on any atom is -0.493 e. The summed E-state index contributed by atoms with van der Waals surface area (Å²) >= 11 is 0. The van der Waals surface area contributed by atoms with E-state index >= 15 is 0 Å². The molecule has 392 valence electrons. The average Bonchev–Trinajstić information content (AvgIpc) is 3.69. The fourth-order valence-electron chi connectivity index (χ4n) is 15.8. The van der Waals surface area contributed by atoms with Crippen LogP contribution in [-0.4, -0.2) is 9.55 Å². The summed E-state index contributed by atoms with van der Waals surface area (Å²) in [5.41, 5.74) is 15.8. The first-order valence-electron chi connectivity index (χ1n) is 28.5. The second-order valence-corrected chi connectivity index (χ2v) is 23.6. The maximum absolute atomic E-state index is 5.34. The van der Waals surface area contributed by atoms with Crippen LogP contribution in [0, 0.1) is 42.5 Å². The molecule has 0 saturated heterocycles. The molecule has 0 radical (unpaired) electrons. The molecule has 10 aromatic carbocycles. The number of aromatic nitrogens is 2. The van der Waals surface area contributed by atoms with Gasteiger partial charge in [0, 0.05) is 66.4 Å². The van der Waals surface area contributed by atoms with Gasteiger partial charge in [-0.05, 0) is 141 Å². The van der Waals surface area contributed by atoms with Gasteiger partial charge in [-0.15, -0.1) is 17.7 Å². The first kappa shape index (κ1) is 49.0. The van der Waals surface area contributed by atoms with Crippen molar-refractivity contribution in [3.8, 4) is 28.1 Å². The van der Waals surface area contributed by atoms with Gasteiger partial charge in [0.05, 0.1) is 0 Å². The monoisotopic (exact) mass is 1210 g/mol. The van der Waals surface area contributed by atoms with Gasteiger partial charge in [-0.1, -0.05) is 183 Å². The van der Waals surface area contributed by atoms with Crippen LogP contribution in [0.25, 0.3) is 71.4 Å². The predicted molar refractivity (Wildman–Crippen MR) is 326 cm³/mol. The summed E-state index contributed by atoms with van der Waals surface area (Å²) in [6, 6.07) is 91.0. The van der Waals surface area contributed by atoms with Crippen molar-refractivity contribution in [2.75, 3.05) is 9.80 Å². The van der Waals surface area contributed by atoms with Gasteiger partial charge in [0.2, 0.25) is 0 Å². The van der Waals surface area contributed by atoms with Gasteiger partial charge in [-0.25, -0.2) is 4.98 Å². The van der Waals surface area contributed by atoms with E-state index in [1.807, 2.05) is 0 Å². The van der Waals surface area contributed by atoms with E-state index in [4.69, 9.17) is 4.98 Å². The smallest absolute Gasteiger partial charge is 0.135 e. The summed E-state index contributed by atoms with van der Waals surface area (Å²) < 4.78 is 2.41. The number of hydrogen-bond donors (Lipinski definition) is 0. The van der Waals surface area contributed by atoms with Gasteiger partial charge in [-0.2, -0.15) is 53.6 Å². The summed E-state index contributed by atoms with van der Waals surface area (Å²) in [6.07, 6.45) is 8.72. The van der Waals surface area contributed by atoms with E-state index in [1.165, 1.54) is 97.8 Å². The zero-order chi connectivity index (χ0) is 52.4. The predicted octanol–water partition coefficient (Wildman–Crippen LogP) is 18.9. The van der Waals surface area contributed by atoms with Crippen molar-refractivity contribution in [1.29, 1.82) is 0 Å². The van der Waals surface area contributed by atoms with E-state index < -0.39 is 5.41 Å². The molecule has 17 rings (SSSR count). The second-order valence-electron chi connectivity index (χ2n) is 23.6. The Morgan fingerprint density at radius 1 is 0.500 bits per heavy atom. The van der Waals surface area contributed by atoms with Gasteiger partial charge in [0.1, 0.15) is 5.82 Å². The molecule has 4 bridgehead atoms. The average molecular weight is 1210 g/mol. The molecular weight excluding hydrogens is 1150 g/mol. The van der Waals surface area contributed by atoms with Crippen LogP contribution in [-0.2, 0) is 31.9 Å². The molecule has 3 heterocycles. The molecule has 0 atom stereocenters. The summed E-state index contributed by atoms with van der Waals surface area (Å²) in [6.45, 7) is 6.91. The number of hydrogen-bond acceptors (Lipinski definition) is 3. The summed E-state index contributed by atoms with van der Waals surface area (Å²) in [5.74, 6) is 3.76. The first-order chi connectivity index (χ1) is 38.9. The first-order valence-corrected chi connectivity index (χ1v) is 28.5.